The summed E-state index contributed by atoms with van der Waals surface area (Å²) >= 11 is 6.10. The average Bonchev–Trinajstić information content (AvgIpc) is 2.87. The maximum atomic E-state index is 13.0. The maximum absolute atomic E-state index is 13.0. The van der Waals surface area contributed by atoms with E-state index in [4.69, 9.17) is 21.1 Å². The summed E-state index contributed by atoms with van der Waals surface area (Å²) in [4.78, 5) is 23.9. The number of rotatable bonds is 9. The molecule has 2 aliphatic heterocycles. The zero-order valence-electron chi connectivity index (χ0n) is 20.0. The van der Waals surface area contributed by atoms with Gasteiger partial charge in [0, 0.05) is 51.1 Å². The molecule has 1 aromatic carbocycles. The van der Waals surface area contributed by atoms with Crippen LogP contribution in [0.2, 0.25) is 5.15 Å². The lowest BCUT2D eigenvalue weighted by atomic mass is 10.1. The van der Waals surface area contributed by atoms with E-state index in [0.29, 0.717) is 36.1 Å². The molecule has 1 amide bonds. The van der Waals surface area contributed by atoms with Gasteiger partial charge >= 0.3 is 0 Å². The second-order valence-electron chi connectivity index (χ2n) is 8.98. The zero-order valence-corrected chi connectivity index (χ0v) is 20.8. The third kappa shape index (κ3) is 6.84. The van der Waals surface area contributed by atoms with Crippen LogP contribution in [0, 0.1) is 0 Å². The van der Waals surface area contributed by atoms with Gasteiger partial charge in [-0.2, -0.15) is 0 Å². The van der Waals surface area contributed by atoms with Crippen molar-refractivity contribution in [1.82, 2.24) is 14.8 Å². The van der Waals surface area contributed by atoms with Gasteiger partial charge in [-0.1, -0.05) is 18.0 Å². The highest BCUT2D eigenvalue weighted by Crippen LogP contribution is 2.22. The van der Waals surface area contributed by atoms with Crippen molar-refractivity contribution in [1.29, 1.82) is 0 Å². The molecule has 2 fully saturated rings. The number of nitrogens with zero attached hydrogens (tertiary/aromatic N) is 4. The fourth-order valence-electron chi connectivity index (χ4n) is 4.66. The van der Waals surface area contributed by atoms with Gasteiger partial charge in [-0.3, -0.25) is 4.79 Å². The van der Waals surface area contributed by atoms with Gasteiger partial charge in [0.15, 0.2) is 0 Å². The standard InChI is InChI=1S/C26H35ClN4O3/c1-33-20-22-18-21(19-25(27)28-22)26(32)31-15-13-30(14-16-31)23-6-8-24(9-7-23)34-17-5-12-29-10-3-2-4-11-29/h6-9,18-19H,2-5,10-17,20H2,1H3. The van der Waals surface area contributed by atoms with Crippen molar-refractivity contribution in [2.24, 2.45) is 0 Å². The van der Waals surface area contributed by atoms with Gasteiger partial charge in [0.05, 0.1) is 18.9 Å². The molecule has 3 heterocycles. The number of methoxy groups -OCH3 is 1. The predicted octanol–water partition coefficient (Wildman–Crippen LogP) is 4.10. The highest BCUT2D eigenvalue weighted by Gasteiger charge is 2.23. The van der Waals surface area contributed by atoms with E-state index < -0.39 is 0 Å². The maximum Gasteiger partial charge on any atom is 0.254 e. The van der Waals surface area contributed by atoms with E-state index in [1.807, 2.05) is 17.0 Å². The number of aromatic nitrogens is 1. The van der Waals surface area contributed by atoms with Crippen LogP contribution in [-0.4, -0.2) is 80.2 Å². The lowest BCUT2D eigenvalue weighted by Crippen LogP contribution is -2.48. The number of halogens is 1. The molecule has 0 spiro atoms. The van der Waals surface area contributed by atoms with Gasteiger partial charge in [-0.15, -0.1) is 0 Å². The number of anilines is 1. The fraction of sp³-hybridized carbons (Fsp3) is 0.538. The first-order valence-electron chi connectivity index (χ1n) is 12.3. The first kappa shape index (κ1) is 24.8. The van der Waals surface area contributed by atoms with Crippen molar-refractivity contribution in [3.8, 4) is 5.75 Å². The van der Waals surface area contributed by atoms with Crippen LogP contribution in [0.25, 0.3) is 0 Å². The van der Waals surface area contributed by atoms with E-state index in [9.17, 15) is 4.79 Å². The molecule has 8 heteroatoms. The molecule has 184 valence electrons. The molecule has 2 aliphatic rings. The third-order valence-electron chi connectivity index (χ3n) is 6.49. The number of carbonyl (C=O) groups is 1. The second-order valence-corrected chi connectivity index (χ2v) is 9.37. The van der Waals surface area contributed by atoms with Gasteiger partial charge in [-0.05, 0) is 68.8 Å². The van der Waals surface area contributed by atoms with Crippen LogP contribution in [0.4, 0.5) is 5.69 Å². The Balaban J connectivity index is 1.22. The molecule has 4 rings (SSSR count). The number of ether oxygens (including phenoxy) is 2. The van der Waals surface area contributed by atoms with Crippen molar-refractivity contribution in [3.05, 3.63) is 52.8 Å². The van der Waals surface area contributed by atoms with Crippen molar-refractivity contribution >= 4 is 23.2 Å². The van der Waals surface area contributed by atoms with E-state index in [1.165, 1.54) is 32.4 Å². The van der Waals surface area contributed by atoms with Crippen LogP contribution in [0.15, 0.2) is 36.4 Å². The highest BCUT2D eigenvalue weighted by atomic mass is 35.5. The molecule has 7 nitrogen and oxygen atoms in total. The summed E-state index contributed by atoms with van der Waals surface area (Å²) in [6, 6.07) is 11.7. The van der Waals surface area contributed by atoms with Crippen molar-refractivity contribution < 1.29 is 14.3 Å². The molecule has 0 unspecified atom stereocenters. The quantitative estimate of drug-likeness (QED) is 0.393. The number of carbonyl (C=O) groups excluding carboxylic acids is 1. The normalized spacial score (nSPS) is 17.1. The van der Waals surface area contributed by atoms with Crippen molar-refractivity contribution in [2.45, 2.75) is 32.3 Å². The van der Waals surface area contributed by atoms with Gasteiger partial charge < -0.3 is 24.2 Å². The number of hydrogen-bond acceptors (Lipinski definition) is 6. The highest BCUT2D eigenvalue weighted by molar-refractivity contribution is 6.29. The van der Waals surface area contributed by atoms with E-state index in [2.05, 4.69) is 26.9 Å². The van der Waals surface area contributed by atoms with Crippen LogP contribution >= 0.6 is 11.6 Å². The van der Waals surface area contributed by atoms with Crippen LogP contribution in [0.5, 0.6) is 5.75 Å². The summed E-state index contributed by atoms with van der Waals surface area (Å²) in [5.74, 6) is 0.896. The number of piperazine rings is 1. The average molecular weight is 487 g/mol. The molecule has 34 heavy (non-hydrogen) atoms. The SMILES string of the molecule is COCc1cc(C(=O)N2CCN(c3ccc(OCCCN4CCCCC4)cc3)CC2)cc(Cl)n1. The number of benzene rings is 1. The van der Waals surface area contributed by atoms with E-state index >= 15 is 0 Å². The minimum atomic E-state index is -0.0189. The Morgan fingerprint density at radius 3 is 2.44 bits per heavy atom. The molecule has 1 aromatic heterocycles. The third-order valence-corrected chi connectivity index (χ3v) is 6.68. The largest absolute Gasteiger partial charge is 0.494 e. The molecule has 0 aliphatic carbocycles. The van der Waals surface area contributed by atoms with Crippen molar-refractivity contribution in [2.75, 3.05) is 64.4 Å². The van der Waals surface area contributed by atoms with E-state index in [1.54, 1.807) is 19.2 Å². The monoisotopic (exact) mass is 486 g/mol. The Morgan fingerprint density at radius 1 is 1.00 bits per heavy atom. The molecular formula is C26H35ClN4O3. The molecule has 0 radical (unpaired) electrons. The fourth-order valence-corrected chi connectivity index (χ4v) is 4.89. The molecule has 2 aromatic rings. The summed E-state index contributed by atoms with van der Waals surface area (Å²) in [5.41, 5.74) is 2.37. The Hall–Kier alpha value is -2.35. The minimum absolute atomic E-state index is 0.0189. The van der Waals surface area contributed by atoms with E-state index in [0.717, 1.165) is 44.1 Å². The van der Waals surface area contributed by atoms with Crippen LogP contribution < -0.4 is 9.64 Å². The molecule has 2 saturated heterocycles. The summed E-state index contributed by atoms with van der Waals surface area (Å²) in [6.45, 7) is 7.56. The summed E-state index contributed by atoms with van der Waals surface area (Å²) in [7, 11) is 1.60. The zero-order chi connectivity index (χ0) is 23.8. The lowest BCUT2D eigenvalue weighted by Gasteiger charge is -2.36. The first-order chi connectivity index (χ1) is 16.6. The predicted molar refractivity (Wildman–Crippen MR) is 135 cm³/mol. The van der Waals surface area contributed by atoms with Crippen LogP contribution in [0.3, 0.4) is 0 Å². The van der Waals surface area contributed by atoms with Gasteiger partial charge in [0.1, 0.15) is 10.9 Å². The van der Waals surface area contributed by atoms with Gasteiger partial charge in [0.25, 0.3) is 5.91 Å². The number of hydrogen-bond donors (Lipinski definition) is 0. The van der Waals surface area contributed by atoms with Crippen molar-refractivity contribution in [3.63, 3.8) is 0 Å². The molecular weight excluding hydrogens is 452 g/mol. The Bertz CT molecular complexity index is 926. The number of piperidine rings is 1. The Kier molecular flexibility index (Phi) is 9.02. The van der Waals surface area contributed by atoms with Crippen LogP contribution in [0.1, 0.15) is 41.7 Å². The Morgan fingerprint density at radius 2 is 1.74 bits per heavy atom. The molecule has 0 atom stereocenters. The number of likely N-dealkylation sites (tertiary alicyclic amines) is 1. The Labute approximate surface area is 207 Å². The molecule has 0 saturated carbocycles. The van der Waals surface area contributed by atoms with E-state index in [-0.39, 0.29) is 5.91 Å². The second kappa shape index (κ2) is 12.4. The molecule has 0 bridgehead atoms. The lowest BCUT2D eigenvalue weighted by molar-refractivity contribution is 0.0746. The minimum Gasteiger partial charge on any atom is -0.494 e. The van der Waals surface area contributed by atoms with Crippen LogP contribution in [-0.2, 0) is 11.3 Å². The summed E-state index contributed by atoms with van der Waals surface area (Å²) < 4.78 is 11.1. The smallest absolute Gasteiger partial charge is 0.254 e. The van der Waals surface area contributed by atoms with Gasteiger partial charge in [-0.25, -0.2) is 4.98 Å². The first-order valence-corrected chi connectivity index (χ1v) is 12.6. The summed E-state index contributed by atoms with van der Waals surface area (Å²) in [5, 5.41) is 0.310. The summed E-state index contributed by atoms with van der Waals surface area (Å²) in [6.07, 6.45) is 5.10. The number of amides is 1. The number of pyridine rings is 1. The molecule has 0 N–H and O–H groups in total. The van der Waals surface area contributed by atoms with Gasteiger partial charge in [0.2, 0.25) is 0 Å². The topological polar surface area (TPSA) is 58.1 Å².